The Balaban J connectivity index is 1.71. The number of hydrogen-bond acceptors (Lipinski definition) is 8. The number of aromatic nitrogens is 3. The number of methoxy groups -OCH3 is 1. The van der Waals surface area contributed by atoms with E-state index in [9.17, 15) is 14.4 Å². The molecule has 174 valence electrons. The van der Waals surface area contributed by atoms with Crippen molar-refractivity contribution in [1.29, 1.82) is 0 Å². The number of esters is 1. The highest BCUT2D eigenvalue weighted by atomic mass is 32.2. The van der Waals surface area contributed by atoms with E-state index in [0.717, 1.165) is 30.0 Å². The zero-order valence-corrected chi connectivity index (χ0v) is 20.7. The molecule has 0 spiro atoms. The van der Waals surface area contributed by atoms with Crippen LogP contribution < -0.4 is 5.32 Å². The minimum absolute atomic E-state index is 0.102. The van der Waals surface area contributed by atoms with Gasteiger partial charge in [0.15, 0.2) is 5.16 Å². The van der Waals surface area contributed by atoms with Crippen LogP contribution in [-0.4, -0.2) is 64.4 Å². The molecule has 0 aromatic carbocycles. The standard InChI is InChI=1S/C21H29N5O4S2/c1-12-15(20(29)30-5)18(32-16(12)19(28)25(2)3)22-14(27)11-31-21-24-23-17(26(21)4)13-9-7-6-8-10-13/h13H,6-11H2,1-5H3,(H,22,27). The van der Waals surface area contributed by atoms with Crippen LogP contribution in [-0.2, 0) is 16.6 Å². The topological polar surface area (TPSA) is 106 Å². The van der Waals surface area contributed by atoms with Crippen LogP contribution in [0.4, 0.5) is 5.00 Å². The monoisotopic (exact) mass is 479 g/mol. The van der Waals surface area contributed by atoms with E-state index < -0.39 is 5.97 Å². The van der Waals surface area contributed by atoms with Gasteiger partial charge in [-0.25, -0.2) is 4.79 Å². The second-order valence-electron chi connectivity index (χ2n) is 8.02. The molecule has 3 rings (SSSR count). The van der Waals surface area contributed by atoms with Gasteiger partial charge in [-0.2, -0.15) is 0 Å². The van der Waals surface area contributed by atoms with Crippen molar-refractivity contribution < 1.29 is 19.1 Å². The Bertz CT molecular complexity index is 1010. The molecule has 0 aliphatic heterocycles. The molecule has 1 aliphatic rings. The van der Waals surface area contributed by atoms with Gasteiger partial charge < -0.3 is 19.5 Å². The van der Waals surface area contributed by atoms with Crippen LogP contribution in [0.25, 0.3) is 0 Å². The molecule has 9 nitrogen and oxygen atoms in total. The number of carbonyl (C=O) groups is 3. The molecule has 0 atom stereocenters. The summed E-state index contributed by atoms with van der Waals surface area (Å²) in [6.45, 7) is 1.68. The number of nitrogens with zero attached hydrogens (tertiary/aromatic N) is 4. The van der Waals surface area contributed by atoms with Crippen molar-refractivity contribution in [2.24, 2.45) is 7.05 Å². The van der Waals surface area contributed by atoms with Gasteiger partial charge in [-0.15, -0.1) is 21.5 Å². The number of nitrogens with one attached hydrogen (secondary N) is 1. The summed E-state index contributed by atoms with van der Waals surface area (Å²) in [6, 6.07) is 0. The largest absolute Gasteiger partial charge is 0.465 e. The van der Waals surface area contributed by atoms with Gasteiger partial charge in [0.25, 0.3) is 5.91 Å². The third kappa shape index (κ3) is 5.15. The minimum atomic E-state index is -0.593. The van der Waals surface area contributed by atoms with Gasteiger partial charge in [0, 0.05) is 27.1 Å². The van der Waals surface area contributed by atoms with Gasteiger partial charge >= 0.3 is 5.97 Å². The molecule has 32 heavy (non-hydrogen) atoms. The highest BCUT2D eigenvalue weighted by Crippen LogP contribution is 2.35. The van der Waals surface area contributed by atoms with E-state index in [1.165, 1.54) is 43.0 Å². The zero-order valence-electron chi connectivity index (χ0n) is 19.1. The number of thioether (sulfide) groups is 1. The van der Waals surface area contributed by atoms with Gasteiger partial charge in [0.1, 0.15) is 10.8 Å². The van der Waals surface area contributed by atoms with Crippen LogP contribution in [0.5, 0.6) is 0 Å². The maximum Gasteiger partial charge on any atom is 0.341 e. The van der Waals surface area contributed by atoms with E-state index in [0.29, 0.717) is 26.5 Å². The van der Waals surface area contributed by atoms with Crippen molar-refractivity contribution in [3.05, 3.63) is 21.8 Å². The predicted molar refractivity (Wildman–Crippen MR) is 125 cm³/mol. The molecular formula is C21H29N5O4S2. The summed E-state index contributed by atoms with van der Waals surface area (Å²) in [5.74, 6) is 0.375. The fourth-order valence-corrected chi connectivity index (χ4v) is 5.77. The van der Waals surface area contributed by atoms with Crippen molar-refractivity contribution >= 4 is 45.9 Å². The molecule has 1 aliphatic carbocycles. The first kappa shape index (κ1) is 24.2. The zero-order chi connectivity index (χ0) is 23.4. The number of carbonyl (C=O) groups excluding carboxylic acids is 3. The number of hydrogen-bond donors (Lipinski definition) is 1. The molecule has 0 bridgehead atoms. The summed E-state index contributed by atoms with van der Waals surface area (Å²) >= 11 is 2.37. The average molecular weight is 480 g/mol. The number of ether oxygens (including phenoxy) is 1. The Hall–Kier alpha value is -2.40. The molecule has 0 unspecified atom stereocenters. The highest BCUT2D eigenvalue weighted by Gasteiger charge is 2.27. The molecule has 2 amide bonds. The summed E-state index contributed by atoms with van der Waals surface area (Å²) in [7, 11) is 6.47. The lowest BCUT2D eigenvalue weighted by molar-refractivity contribution is -0.113. The lowest BCUT2D eigenvalue weighted by Gasteiger charge is -2.20. The molecule has 0 radical (unpaired) electrons. The number of thiophene rings is 1. The molecular weight excluding hydrogens is 450 g/mol. The van der Waals surface area contributed by atoms with Crippen molar-refractivity contribution in [2.75, 3.05) is 32.3 Å². The van der Waals surface area contributed by atoms with Gasteiger partial charge in [-0.1, -0.05) is 31.0 Å². The fourth-order valence-electron chi connectivity index (χ4n) is 3.82. The Morgan fingerprint density at radius 2 is 1.91 bits per heavy atom. The quantitative estimate of drug-likeness (QED) is 0.479. The van der Waals surface area contributed by atoms with E-state index in [1.54, 1.807) is 21.0 Å². The van der Waals surface area contributed by atoms with Crippen LogP contribution in [0.15, 0.2) is 5.16 Å². The van der Waals surface area contributed by atoms with Crippen LogP contribution in [0, 0.1) is 6.92 Å². The molecule has 2 aromatic rings. The van der Waals surface area contributed by atoms with Crippen LogP contribution in [0.2, 0.25) is 0 Å². The van der Waals surface area contributed by atoms with E-state index >= 15 is 0 Å². The average Bonchev–Trinajstić information content (AvgIpc) is 3.31. The lowest BCUT2D eigenvalue weighted by atomic mass is 9.89. The van der Waals surface area contributed by atoms with Crippen molar-refractivity contribution in [2.45, 2.75) is 50.1 Å². The maximum absolute atomic E-state index is 12.7. The van der Waals surface area contributed by atoms with Gasteiger partial charge in [0.05, 0.1) is 23.3 Å². The minimum Gasteiger partial charge on any atom is -0.465 e. The van der Waals surface area contributed by atoms with Gasteiger partial charge in [0.2, 0.25) is 5.91 Å². The summed E-state index contributed by atoms with van der Waals surface area (Å²) < 4.78 is 6.83. The van der Waals surface area contributed by atoms with Crippen LogP contribution >= 0.6 is 23.1 Å². The summed E-state index contributed by atoms with van der Waals surface area (Å²) in [5.41, 5.74) is 0.702. The maximum atomic E-state index is 12.7. The molecule has 1 N–H and O–H groups in total. The second kappa shape index (κ2) is 10.5. The van der Waals surface area contributed by atoms with Crippen molar-refractivity contribution in [3.63, 3.8) is 0 Å². The first-order chi connectivity index (χ1) is 15.2. The highest BCUT2D eigenvalue weighted by molar-refractivity contribution is 7.99. The van der Waals surface area contributed by atoms with Crippen LogP contribution in [0.1, 0.15) is 69.4 Å². The molecule has 2 heterocycles. The van der Waals surface area contributed by atoms with E-state index in [2.05, 4.69) is 15.5 Å². The molecule has 11 heteroatoms. The first-order valence-electron chi connectivity index (χ1n) is 10.5. The lowest BCUT2D eigenvalue weighted by Crippen LogP contribution is -2.21. The second-order valence-corrected chi connectivity index (χ2v) is 9.99. The molecule has 1 fully saturated rings. The Kier molecular flexibility index (Phi) is 7.94. The summed E-state index contributed by atoms with van der Waals surface area (Å²) in [4.78, 5) is 39.2. The number of anilines is 1. The Morgan fingerprint density at radius 1 is 1.22 bits per heavy atom. The molecule has 2 aromatic heterocycles. The third-order valence-electron chi connectivity index (χ3n) is 5.56. The van der Waals surface area contributed by atoms with E-state index in [1.807, 2.05) is 11.6 Å². The Morgan fingerprint density at radius 3 is 2.53 bits per heavy atom. The molecule has 1 saturated carbocycles. The first-order valence-corrected chi connectivity index (χ1v) is 12.3. The SMILES string of the molecule is COC(=O)c1c(NC(=O)CSc2nnc(C3CCCCC3)n2C)sc(C(=O)N(C)C)c1C. The Labute approximate surface area is 195 Å². The fraction of sp³-hybridized carbons (Fsp3) is 0.571. The number of amides is 2. The molecule has 0 saturated heterocycles. The van der Waals surface area contributed by atoms with Crippen molar-refractivity contribution in [3.8, 4) is 0 Å². The van der Waals surface area contributed by atoms with E-state index in [4.69, 9.17) is 4.74 Å². The van der Waals surface area contributed by atoms with Crippen molar-refractivity contribution in [1.82, 2.24) is 19.7 Å². The third-order valence-corrected chi connectivity index (χ3v) is 7.78. The smallest absolute Gasteiger partial charge is 0.341 e. The summed E-state index contributed by atoms with van der Waals surface area (Å²) in [5, 5.41) is 12.4. The van der Waals surface area contributed by atoms with Gasteiger partial charge in [-0.05, 0) is 25.3 Å². The van der Waals surface area contributed by atoms with E-state index in [-0.39, 0.29) is 23.1 Å². The van der Waals surface area contributed by atoms with Gasteiger partial charge in [-0.3, -0.25) is 9.59 Å². The van der Waals surface area contributed by atoms with Crippen LogP contribution in [0.3, 0.4) is 0 Å². The summed E-state index contributed by atoms with van der Waals surface area (Å²) in [6.07, 6.45) is 5.94. The predicted octanol–water partition coefficient (Wildman–Crippen LogP) is 3.45. The number of rotatable bonds is 7. The normalized spacial score (nSPS) is 14.3.